The number of amides is 1. The van der Waals surface area contributed by atoms with Crippen molar-refractivity contribution in [2.24, 2.45) is 0 Å². The van der Waals surface area contributed by atoms with Gasteiger partial charge in [0.15, 0.2) is 0 Å². The van der Waals surface area contributed by atoms with Crippen LogP contribution < -0.4 is 11.1 Å². The highest BCUT2D eigenvalue weighted by Gasteiger charge is 2.11. The van der Waals surface area contributed by atoms with Crippen molar-refractivity contribution in [2.45, 2.75) is 11.8 Å². The summed E-state index contributed by atoms with van der Waals surface area (Å²) in [5.41, 5.74) is 7.58. The maximum atomic E-state index is 12.1. The number of anilines is 2. The Kier molecular flexibility index (Phi) is 4.98. The van der Waals surface area contributed by atoms with Crippen molar-refractivity contribution in [3.63, 3.8) is 0 Å². The minimum absolute atomic E-state index is 0.105. The summed E-state index contributed by atoms with van der Waals surface area (Å²) in [6.45, 7) is 1.91. The lowest BCUT2D eigenvalue weighted by atomic mass is 10.2. The second kappa shape index (κ2) is 6.74. The van der Waals surface area contributed by atoms with Gasteiger partial charge >= 0.3 is 0 Å². The molecule has 2 rings (SSSR count). The van der Waals surface area contributed by atoms with E-state index >= 15 is 0 Å². The van der Waals surface area contributed by atoms with Crippen molar-refractivity contribution in [2.75, 3.05) is 16.8 Å². The van der Waals surface area contributed by atoms with Crippen molar-refractivity contribution < 1.29 is 9.00 Å². The Morgan fingerprint density at radius 1 is 1.29 bits per heavy atom. The van der Waals surface area contributed by atoms with Crippen LogP contribution in [0.1, 0.15) is 5.56 Å². The molecule has 0 saturated heterocycles. The van der Waals surface area contributed by atoms with Crippen LogP contribution in [0.15, 0.2) is 47.4 Å². The van der Waals surface area contributed by atoms with Crippen LogP contribution >= 0.6 is 11.6 Å². The number of halogens is 1. The molecule has 110 valence electrons. The summed E-state index contributed by atoms with van der Waals surface area (Å²) in [6.07, 6.45) is 0. The average Bonchev–Trinajstić information content (AvgIpc) is 2.43. The molecule has 0 radical (unpaired) electrons. The Bertz CT molecular complexity index is 704. The van der Waals surface area contributed by atoms with Crippen molar-refractivity contribution in [3.05, 3.63) is 53.1 Å². The van der Waals surface area contributed by atoms with Gasteiger partial charge in [0.2, 0.25) is 5.91 Å². The molecule has 21 heavy (non-hydrogen) atoms. The van der Waals surface area contributed by atoms with Crippen LogP contribution in [0.3, 0.4) is 0 Å². The van der Waals surface area contributed by atoms with Crippen LogP contribution in [-0.4, -0.2) is 15.9 Å². The number of hydrogen-bond donors (Lipinski definition) is 2. The molecule has 0 spiro atoms. The van der Waals surface area contributed by atoms with Crippen molar-refractivity contribution >= 4 is 39.7 Å². The van der Waals surface area contributed by atoms with E-state index in [-0.39, 0.29) is 11.7 Å². The van der Waals surface area contributed by atoms with Crippen LogP contribution in [-0.2, 0) is 15.6 Å². The summed E-state index contributed by atoms with van der Waals surface area (Å²) in [4.78, 5) is 12.5. The Hall–Kier alpha value is -1.85. The minimum Gasteiger partial charge on any atom is -0.397 e. The smallest absolute Gasteiger partial charge is 0.237 e. The van der Waals surface area contributed by atoms with E-state index in [1.165, 1.54) is 0 Å². The van der Waals surface area contributed by atoms with E-state index in [9.17, 15) is 9.00 Å². The Morgan fingerprint density at radius 3 is 2.71 bits per heavy atom. The van der Waals surface area contributed by atoms with E-state index in [0.29, 0.717) is 21.3 Å². The fourth-order valence-corrected chi connectivity index (χ4v) is 2.92. The number of carbonyl (C=O) groups excluding carboxylic acids is 1. The number of nitrogen functional groups attached to an aromatic ring is 1. The van der Waals surface area contributed by atoms with Gasteiger partial charge in [-0.25, -0.2) is 0 Å². The molecule has 3 N–H and O–H groups in total. The molecule has 0 saturated carbocycles. The quantitative estimate of drug-likeness (QED) is 0.850. The fraction of sp³-hybridized carbons (Fsp3) is 0.133. The van der Waals surface area contributed by atoms with E-state index in [1.807, 2.05) is 25.1 Å². The molecular formula is C15H15ClN2O2S. The lowest BCUT2D eigenvalue weighted by molar-refractivity contribution is -0.113. The predicted octanol–water partition coefficient (Wildman–Crippen LogP) is 2.98. The van der Waals surface area contributed by atoms with Gasteiger partial charge in [0, 0.05) is 10.6 Å². The Morgan fingerprint density at radius 2 is 2.05 bits per heavy atom. The van der Waals surface area contributed by atoms with Gasteiger partial charge in [-0.15, -0.1) is 0 Å². The number of hydrogen-bond acceptors (Lipinski definition) is 3. The maximum Gasteiger partial charge on any atom is 0.237 e. The average molecular weight is 323 g/mol. The monoisotopic (exact) mass is 322 g/mol. The predicted molar refractivity (Wildman–Crippen MR) is 86.9 cm³/mol. The van der Waals surface area contributed by atoms with Crippen LogP contribution in [0.25, 0.3) is 0 Å². The number of aryl methyl sites for hydroxylation is 1. The normalized spacial score (nSPS) is 11.9. The summed E-state index contributed by atoms with van der Waals surface area (Å²) in [5, 5.41) is 3.08. The Balaban J connectivity index is 2.01. The molecule has 1 unspecified atom stereocenters. The van der Waals surface area contributed by atoms with Gasteiger partial charge in [0.25, 0.3) is 0 Å². The van der Waals surface area contributed by atoms with Gasteiger partial charge in [-0.05, 0) is 42.8 Å². The molecular weight excluding hydrogens is 308 g/mol. The lowest BCUT2D eigenvalue weighted by Gasteiger charge is -2.07. The van der Waals surface area contributed by atoms with E-state index in [4.69, 9.17) is 17.3 Å². The van der Waals surface area contributed by atoms with E-state index < -0.39 is 10.8 Å². The third kappa shape index (κ3) is 4.31. The zero-order valence-electron chi connectivity index (χ0n) is 11.4. The molecule has 2 aromatic rings. The topological polar surface area (TPSA) is 72.2 Å². The van der Waals surface area contributed by atoms with Crippen molar-refractivity contribution in [1.82, 2.24) is 0 Å². The van der Waals surface area contributed by atoms with Gasteiger partial charge < -0.3 is 11.1 Å². The molecule has 0 aromatic heterocycles. The SMILES string of the molecule is Cc1cccc(S(=O)CC(=O)Nc2ccc(Cl)c(N)c2)c1. The van der Waals surface area contributed by atoms with Gasteiger partial charge in [0.1, 0.15) is 5.75 Å². The largest absolute Gasteiger partial charge is 0.397 e. The van der Waals surface area contributed by atoms with Gasteiger partial charge in [-0.2, -0.15) is 0 Å². The number of rotatable bonds is 4. The van der Waals surface area contributed by atoms with Crippen LogP contribution in [0, 0.1) is 6.92 Å². The third-order valence-electron chi connectivity index (χ3n) is 2.79. The summed E-state index contributed by atoms with van der Waals surface area (Å²) in [5.74, 6) is -0.442. The molecule has 4 nitrogen and oxygen atoms in total. The first-order valence-corrected chi connectivity index (χ1v) is 7.95. The number of benzene rings is 2. The molecule has 0 heterocycles. The minimum atomic E-state index is -1.38. The third-order valence-corrected chi connectivity index (χ3v) is 4.44. The van der Waals surface area contributed by atoms with Gasteiger partial charge in [-0.1, -0.05) is 23.7 Å². The number of nitrogens with one attached hydrogen (secondary N) is 1. The zero-order valence-corrected chi connectivity index (χ0v) is 13.0. The first kappa shape index (κ1) is 15.5. The fourth-order valence-electron chi connectivity index (χ4n) is 1.78. The highest BCUT2D eigenvalue weighted by Crippen LogP contribution is 2.22. The van der Waals surface area contributed by atoms with Crippen molar-refractivity contribution in [1.29, 1.82) is 0 Å². The van der Waals surface area contributed by atoms with Crippen LogP contribution in [0.5, 0.6) is 0 Å². The molecule has 2 aromatic carbocycles. The standard InChI is InChI=1S/C15H15ClN2O2S/c1-10-3-2-4-12(7-10)21(20)9-15(19)18-11-5-6-13(16)14(17)8-11/h2-8H,9,17H2,1H3,(H,18,19). The van der Waals surface area contributed by atoms with Crippen molar-refractivity contribution in [3.8, 4) is 0 Å². The summed E-state index contributed by atoms with van der Waals surface area (Å²) in [6, 6.07) is 12.1. The highest BCUT2D eigenvalue weighted by molar-refractivity contribution is 7.85. The number of nitrogens with two attached hydrogens (primary N) is 1. The Labute approximate surface area is 130 Å². The highest BCUT2D eigenvalue weighted by atomic mass is 35.5. The summed E-state index contributed by atoms with van der Waals surface area (Å²) < 4.78 is 12.1. The summed E-state index contributed by atoms with van der Waals surface area (Å²) in [7, 11) is -1.38. The molecule has 0 aliphatic rings. The van der Waals surface area contributed by atoms with E-state index in [1.54, 1.807) is 24.3 Å². The molecule has 0 aliphatic heterocycles. The molecule has 6 heteroatoms. The van der Waals surface area contributed by atoms with Crippen LogP contribution in [0.4, 0.5) is 11.4 Å². The number of carbonyl (C=O) groups is 1. The molecule has 0 aliphatic carbocycles. The van der Waals surface area contributed by atoms with Gasteiger partial charge in [0.05, 0.1) is 21.5 Å². The van der Waals surface area contributed by atoms with Crippen LogP contribution in [0.2, 0.25) is 5.02 Å². The molecule has 0 fully saturated rings. The molecule has 0 bridgehead atoms. The first-order valence-electron chi connectivity index (χ1n) is 6.25. The molecule has 1 amide bonds. The first-order chi connectivity index (χ1) is 9.95. The lowest BCUT2D eigenvalue weighted by Crippen LogP contribution is -2.19. The maximum absolute atomic E-state index is 12.1. The summed E-state index contributed by atoms with van der Waals surface area (Å²) >= 11 is 5.81. The zero-order chi connectivity index (χ0) is 15.4. The second-order valence-electron chi connectivity index (χ2n) is 4.59. The second-order valence-corrected chi connectivity index (χ2v) is 6.45. The molecule has 1 atom stereocenters. The van der Waals surface area contributed by atoms with E-state index in [0.717, 1.165) is 5.56 Å². The van der Waals surface area contributed by atoms with Gasteiger partial charge in [-0.3, -0.25) is 9.00 Å². The van der Waals surface area contributed by atoms with E-state index in [2.05, 4.69) is 5.32 Å².